The number of furan rings is 1. The third-order valence-corrected chi connectivity index (χ3v) is 2.30. The molecule has 0 aromatic carbocycles. The highest BCUT2D eigenvalue weighted by Crippen LogP contribution is 2.19. The fourth-order valence-corrected chi connectivity index (χ4v) is 1.53. The van der Waals surface area contributed by atoms with E-state index < -0.39 is 0 Å². The normalized spacial score (nSPS) is 10.9. The van der Waals surface area contributed by atoms with E-state index in [1.54, 1.807) is 12.3 Å². The van der Waals surface area contributed by atoms with Crippen molar-refractivity contribution in [2.75, 3.05) is 0 Å². The second kappa shape index (κ2) is 3.98. The van der Waals surface area contributed by atoms with Crippen molar-refractivity contribution in [2.45, 2.75) is 19.8 Å². The molecule has 0 atom stereocenters. The molecular formula is C11H12N2OS. The lowest BCUT2D eigenvalue weighted by Gasteiger charge is -2.06. The predicted octanol–water partition coefficient (Wildman–Crippen LogP) is 3.52. The first-order valence-corrected chi connectivity index (χ1v) is 5.23. The summed E-state index contributed by atoms with van der Waals surface area (Å²) < 4.78 is 5.89. The highest BCUT2D eigenvalue weighted by Gasteiger charge is 2.06. The van der Waals surface area contributed by atoms with Gasteiger partial charge in [0.2, 0.25) is 0 Å². The van der Waals surface area contributed by atoms with Gasteiger partial charge in [-0.05, 0) is 12.1 Å². The molecule has 0 fully saturated rings. The molecule has 0 radical (unpaired) electrons. The van der Waals surface area contributed by atoms with Crippen LogP contribution in [0.2, 0.25) is 0 Å². The first-order chi connectivity index (χ1) is 7.16. The van der Waals surface area contributed by atoms with E-state index in [1.165, 1.54) is 0 Å². The number of hydrogen-bond donors (Lipinski definition) is 1. The summed E-state index contributed by atoms with van der Waals surface area (Å²) in [6, 6.07) is 5.55. The number of aromatic amines is 1. The number of nitrogens with one attached hydrogen (secondary N) is 1. The Morgan fingerprint density at radius 1 is 1.47 bits per heavy atom. The number of hydrogen-bond acceptors (Lipinski definition) is 3. The summed E-state index contributed by atoms with van der Waals surface area (Å²) in [5.74, 6) is 1.99. The van der Waals surface area contributed by atoms with Gasteiger partial charge in [0.1, 0.15) is 16.2 Å². The van der Waals surface area contributed by atoms with Crippen molar-refractivity contribution in [3.63, 3.8) is 0 Å². The molecule has 3 nitrogen and oxygen atoms in total. The summed E-state index contributed by atoms with van der Waals surface area (Å²) in [6.45, 7) is 4.14. The van der Waals surface area contributed by atoms with Crippen LogP contribution in [0.1, 0.15) is 25.6 Å². The van der Waals surface area contributed by atoms with E-state index in [0.29, 0.717) is 10.6 Å². The van der Waals surface area contributed by atoms with Crippen LogP contribution in [0.15, 0.2) is 28.9 Å². The largest absolute Gasteiger partial charge is 0.463 e. The van der Waals surface area contributed by atoms with Crippen LogP contribution < -0.4 is 0 Å². The molecular weight excluding hydrogens is 208 g/mol. The summed E-state index contributed by atoms with van der Waals surface area (Å²) in [5, 5.41) is 0. The van der Waals surface area contributed by atoms with Gasteiger partial charge in [0, 0.05) is 12.0 Å². The van der Waals surface area contributed by atoms with Crippen molar-refractivity contribution in [3.05, 3.63) is 34.9 Å². The first kappa shape index (κ1) is 10.1. The zero-order chi connectivity index (χ0) is 10.8. The van der Waals surface area contributed by atoms with E-state index in [4.69, 9.17) is 16.6 Å². The Labute approximate surface area is 93.2 Å². The molecule has 0 amide bonds. The molecule has 0 unspecified atom stereocenters. The van der Waals surface area contributed by atoms with E-state index in [9.17, 15) is 0 Å². The van der Waals surface area contributed by atoms with E-state index >= 15 is 0 Å². The van der Waals surface area contributed by atoms with Gasteiger partial charge < -0.3 is 9.40 Å². The molecule has 0 aliphatic heterocycles. The molecule has 0 saturated heterocycles. The second-order valence-electron chi connectivity index (χ2n) is 3.65. The minimum atomic E-state index is 0.321. The Morgan fingerprint density at radius 3 is 2.87 bits per heavy atom. The average molecular weight is 220 g/mol. The summed E-state index contributed by atoms with van der Waals surface area (Å²) >= 11 is 5.11. The van der Waals surface area contributed by atoms with Crippen molar-refractivity contribution in [3.8, 4) is 11.5 Å². The van der Waals surface area contributed by atoms with Gasteiger partial charge in [0.05, 0.1) is 12.0 Å². The lowest BCUT2D eigenvalue weighted by Crippen LogP contribution is -1.98. The van der Waals surface area contributed by atoms with Gasteiger partial charge in [-0.25, -0.2) is 4.98 Å². The molecule has 2 aromatic rings. The lowest BCUT2D eigenvalue weighted by molar-refractivity contribution is 0.578. The summed E-state index contributed by atoms with van der Waals surface area (Å²) in [6.07, 6.45) is 1.64. The van der Waals surface area contributed by atoms with Crippen LogP contribution >= 0.6 is 12.2 Å². The number of rotatable bonds is 2. The predicted molar refractivity (Wildman–Crippen MR) is 61.2 cm³/mol. The third-order valence-electron chi connectivity index (χ3n) is 2.09. The fourth-order valence-electron chi connectivity index (χ4n) is 1.31. The van der Waals surface area contributed by atoms with Crippen molar-refractivity contribution >= 4 is 12.2 Å². The van der Waals surface area contributed by atoms with Gasteiger partial charge in [0.25, 0.3) is 0 Å². The van der Waals surface area contributed by atoms with Gasteiger partial charge in [-0.15, -0.1) is 0 Å². The monoisotopic (exact) mass is 220 g/mol. The molecule has 4 heteroatoms. The molecule has 15 heavy (non-hydrogen) atoms. The maximum Gasteiger partial charge on any atom is 0.150 e. The van der Waals surface area contributed by atoms with Gasteiger partial charge in [-0.3, -0.25) is 0 Å². The smallest absolute Gasteiger partial charge is 0.150 e. The summed E-state index contributed by atoms with van der Waals surface area (Å²) in [5.41, 5.74) is 0.878. The SMILES string of the molecule is CC(C)c1nc(=S)cc(-c2ccco2)[nH]1. The van der Waals surface area contributed by atoms with Gasteiger partial charge >= 0.3 is 0 Å². The van der Waals surface area contributed by atoms with Gasteiger partial charge in [-0.2, -0.15) is 0 Å². The summed E-state index contributed by atoms with van der Waals surface area (Å²) in [7, 11) is 0. The standard InChI is InChI=1S/C11H12N2OS/c1-7(2)11-12-8(6-10(15)13-11)9-4-3-5-14-9/h3-7H,1-2H3,(H,12,13,15). The van der Waals surface area contributed by atoms with E-state index in [1.807, 2.05) is 12.1 Å². The molecule has 1 N–H and O–H groups in total. The van der Waals surface area contributed by atoms with Crippen LogP contribution in [0.25, 0.3) is 11.5 Å². The van der Waals surface area contributed by atoms with Gasteiger partial charge in [-0.1, -0.05) is 26.1 Å². The Morgan fingerprint density at radius 2 is 2.27 bits per heavy atom. The minimum absolute atomic E-state index is 0.321. The minimum Gasteiger partial charge on any atom is -0.463 e. The first-order valence-electron chi connectivity index (χ1n) is 4.82. The van der Waals surface area contributed by atoms with E-state index in [-0.39, 0.29) is 0 Å². The Hall–Kier alpha value is -1.42. The van der Waals surface area contributed by atoms with E-state index in [0.717, 1.165) is 17.3 Å². The second-order valence-corrected chi connectivity index (χ2v) is 4.07. The van der Waals surface area contributed by atoms with Crippen LogP contribution in [0.5, 0.6) is 0 Å². The van der Waals surface area contributed by atoms with Crippen LogP contribution in [-0.4, -0.2) is 9.97 Å². The Bertz CT molecular complexity index is 500. The molecule has 0 spiro atoms. The van der Waals surface area contributed by atoms with Crippen molar-refractivity contribution < 1.29 is 4.42 Å². The van der Waals surface area contributed by atoms with Crippen LogP contribution in [0.3, 0.4) is 0 Å². The molecule has 78 valence electrons. The van der Waals surface area contributed by atoms with E-state index in [2.05, 4.69) is 23.8 Å². The maximum absolute atomic E-state index is 5.30. The molecule has 2 aromatic heterocycles. The number of nitrogens with zero attached hydrogens (tertiary/aromatic N) is 1. The molecule has 0 aliphatic carbocycles. The average Bonchev–Trinajstić information content (AvgIpc) is 2.69. The molecule has 2 rings (SSSR count). The van der Waals surface area contributed by atoms with Crippen LogP contribution in [0.4, 0.5) is 0 Å². The lowest BCUT2D eigenvalue weighted by atomic mass is 10.2. The Balaban J connectivity index is 2.54. The van der Waals surface area contributed by atoms with Crippen molar-refractivity contribution in [1.82, 2.24) is 9.97 Å². The van der Waals surface area contributed by atoms with Crippen LogP contribution in [-0.2, 0) is 0 Å². The molecule has 0 bridgehead atoms. The molecule has 0 saturated carbocycles. The van der Waals surface area contributed by atoms with Crippen molar-refractivity contribution in [1.29, 1.82) is 0 Å². The third kappa shape index (κ3) is 2.15. The zero-order valence-electron chi connectivity index (χ0n) is 8.65. The van der Waals surface area contributed by atoms with Gasteiger partial charge in [0.15, 0.2) is 0 Å². The summed E-state index contributed by atoms with van der Waals surface area (Å²) in [4.78, 5) is 7.48. The highest BCUT2D eigenvalue weighted by atomic mass is 32.1. The molecule has 2 heterocycles. The topological polar surface area (TPSA) is 41.8 Å². The Kier molecular flexibility index (Phi) is 2.68. The fraction of sp³-hybridized carbons (Fsp3) is 0.273. The van der Waals surface area contributed by atoms with Crippen molar-refractivity contribution in [2.24, 2.45) is 0 Å². The molecule has 0 aliphatic rings. The zero-order valence-corrected chi connectivity index (χ0v) is 9.47. The number of H-pyrrole nitrogens is 1. The number of aromatic nitrogens is 2. The maximum atomic E-state index is 5.30. The van der Waals surface area contributed by atoms with Crippen LogP contribution in [0, 0.1) is 4.64 Å². The highest BCUT2D eigenvalue weighted by molar-refractivity contribution is 7.71. The quantitative estimate of drug-likeness (QED) is 0.787.